The molecule has 0 amide bonds. The van der Waals surface area contributed by atoms with Gasteiger partial charge in [0.05, 0.1) is 6.10 Å². The van der Waals surface area contributed by atoms with E-state index in [4.69, 9.17) is 15.3 Å². The first-order valence-corrected chi connectivity index (χ1v) is 6.83. The summed E-state index contributed by atoms with van der Waals surface area (Å²) in [6, 6.07) is 0.400. The Morgan fingerprint density at radius 3 is 2.35 bits per heavy atom. The second kappa shape index (κ2) is 8.49. The van der Waals surface area contributed by atoms with Gasteiger partial charge < -0.3 is 14.4 Å². The number of anilines is 1. The number of nitrogens with one attached hydrogen (secondary N) is 1. The predicted molar refractivity (Wildman–Crippen MR) is 76.7 cm³/mol. The highest BCUT2D eigenvalue weighted by atomic mass is 16.5. The van der Waals surface area contributed by atoms with Gasteiger partial charge in [-0.1, -0.05) is 13.8 Å². The highest BCUT2D eigenvalue weighted by molar-refractivity contribution is 5.25. The van der Waals surface area contributed by atoms with E-state index in [1.165, 1.54) is 0 Å². The third-order valence-corrected chi connectivity index (χ3v) is 2.60. The molecule has 1 aromatic rings. The molecule has 0 fully saturated rings. The van der Waals surface area contributed by atoms with Crippen molar-refractivity contribution in [3.05, 3.63) is 0 Å². The van der Waals surface area contributed by atoms with Crippen LogP contribution in [0.1, 0.15) is 27.7 Å². The first-order valence-electron chi connectivity index (χ1n) is 6.83. The maximum Gasteiger partial charge on any atom is 0.324 e. The standard InChI is InChI=1S/C12H24N6O2/c1-5-18(6-2)7-8-19-11-14-10(17-13)15-12(16-11)20-9(3)4/h9H,5-8,13H2,1-4H3,(H,14,15,16,17). The van der Waals surface area contributed by atoms with E-state index < -0.39 is 0 Å². The van der Waals surface area contributed by atoms with Gasteiger partial charge in [-0.05, 0) is 26.9 Å². The van der Waals surface area contributed by atoms with Crippen LogP contribution >= 0.6 is 0 Å². The number of hydrogen-bond donors (Lipinski definition) is 2. The maximum absolute atomic E-state index is 5.53. The summed E-state index contributed by atoms with van der Waals surface area (Å²) in [7, 11) is 0. The molecule has 0 saturated carbocycles. The molecule has 8 nitrogen and oxygen atoms in total. The van der Waals surface area contributed by atoms with Gasteiger partial charge in [0.2, 0.25) is 5.95 Å². The van der Waals surface area contributed by atoms with E-state index in [9.17, 15) is 0 Å². The zero-order valence-electron chi connectivity index (χ0n) is 12.6. The van der Waals surface area contributed by atoms with Crippen molar-refractivity contribution in [3.63, 3.8) is 0 Å². The molecule has 114 valence electrons. The van der Waals surface area contributed by atoms with Crippen molar-refractivity contribution in [2.45, 2.75) is 33.8 Å². The van der Waals surface area contributed by atoms with Gasteiger partial charge in [0.25, 0.3) is 0 Å². The van der Waals surface area contributed by atoms with Crippen molar-refractivity contribution in [2.24, 2.45) is 5.84 Å². The topological polar surface area (TPSA) is 98.4 Å². The molecule has 20 heavy (non-hydrogen) atoms. The quantitative estimate of drug-likeness (QED) is 0.504. The van der Waals surface area contributed by atoms with E-state index in [0.29, 0.717) is 6.61 Å². The molecule has 0 radical (unpaired) electrons. The molecule has 0 unspecified atom stereocenters. The molecule has 0 saturated heterocycles. The largest absolute Gasteiger partial charge is 0.462 e. The SMILES string of the molecule is CCN(CC)CCOc1nc(NN)nc(OC(C)C)n1. The first-order chi connectivity index (χ1) is 9.58. The summed E-state index contributed by atoms with van der Waals surface area (Å²) in [4.78, 5) is 14.4. The molecule has 1 aromatic heterocycles. The van der Waals surface area contributed by atoms with Crippen LogP contribution in [0.3, 0.4) is 0 Å². The Bertz CT molecular complexity index is 398. The molecule has 3 N–H and O–H groups in total. The van der Waals surface area contributed by atoms with Gasteiger partial charge in [0, 0.05) is 6.54 Å². The van der Waals surface area contributed by atoms with Crippen molar-refractivity contribution >= 4 is 5.95 Å². The fourth-order valence-electron chi connectivity index (χ4n) is 1.54. The second-order valence-corrected chi connectivity index (χ2v) is 4.41. The van der Waals surface area contributed by atoms with Crippen LogP contribution in [0.15, 0.2) is 0 Å². The minimum atomic E-state index is -0.0356. The second-order valence-electron chi connectivity index (χ2n) is 4.41. The Hall–Kier alpha value is -1.67. The summed E-state index contributed by atoms with van der Waals surface area (Å²) in [6.07, 6.45) is -0.0356. The molecule has 1 rings (SSSR count). The van der Waals surface area contributed by atoms with Crippen LogP contribution in [0.5, 0.6) is 12.0 Å². The lowest BCUT2D eigenvalue weighted by atomic mass is 10.5. The highest BCUT2D eigenvalue weighted by Gasteiger charge is 2.10. The lowest BCUT2D eigenvalue weighted by molar-refractivity contribution is 0.197. The average Bonchev–Trinajstić information content (AvgIpc) is 2.42. The first kappa shape index (κ1) is 16.4. The van der Waals surface area contributed by atoms with E-state index in [1.807, 2.05) is 13.8 Å². The molecule has 8 heteroatoms. The van der Waals surface area contributed by atoms with Crippen LogP contribution < -0.4 is 20.7 Å². The number of nitrogen functional groups attached to an aromatic ring is 1. The van der Waals surface area contributed by atoms with Gasteiger partial charge in [-0.25, -0.2) is 5.84 Å². The maximum atomic E-state index is 5.53. The summed E-state index contributed by atoms with van der Waals surface area (Å²) >= 11 is 0. The van der Waals surface area contributed by atoms with Gasteiger partial charge in [-0.3, -0.25) is 5.43 Å². The van der Waals surface area contributed by atoms with E-state index in [-0.39, 0.29) is 24.1 Å². The molecule has 1 heterocycles. The van der Waals surface area contributed by atoms with Gasteiger partial charge in [-0.2, -0.15) is 9.97 Å². The van der Waals surface area contributed by atoms with E-state index in [1.54, 1.807) is 0 Å². The van der Waals surface area contributed by atoms with Crippen molar-refractivity contribution in [1.29, 1.82) is 0 Å². The summed E-state index contributed by atoms with van der Waals surface area (Å²) < 4.78 is 10.9. The number of hydrazine groups is 1. The number of ether oxygens (including phenoxy) is 2. The Labute approximate surface area is 119 Å². The van der Waals surface area contributed by atoms with Gasteiger partial charge in [0.15, 0.2) is 0 Å². The summed E-state index contributed by atoms with van der Waals surface area (Å²) in [5, 5.41) is 0. The van der Waals surface area contributed by atoms with Crippen LogP contribution in [-0.2, 0) is 0 Å². The average molecular weight is 284 g/mol. The summed E-state index contributed by atoms with van der Waals surface area (Å²) in [5.74, 6) is 5.53. The molecule has 0 aromatic carbocycles. The Balaban J connectivity index is 2.64. The van der Waals surface area contributed by atoms with Crippen LogP contribution in [0.25, 0.3) is 0 Å². The Morgan fingerprint density at radius 1 is 1.15 bits per heavy atom. The molecule has 0 aliphatic rings. The smallest absolute Gasteiger partial charge is 0.324 e. The summed E-state index contributed by atoms with van der Waals surface area (Å²) in [5.41, 5.74) is 2.37. The van der Waals surface area contributed by atoms with Gasteiger partial charge >= 0.3 is 12.0 Å². The van der Waals surface area contributed by atoms with Crippen molar-refractivity contribution in [3.8, 4) is 12.0 Å². The van der Waals surface area contributed by atoms with Gasteiger partial charge in [-0.15, -0.1) is 4.98 Å². The Morgan fingerprint density at radius 2 is 1.80 bits per heavy atom. The normalized spacial score (nSPS) is 10.9. The molecular formula is C12H24N6O2. The molecule has 0 aliphatic heterocycles. The van der Waals surface area contributed by atoms with Gasteiger partial charge in [0.1, 0.15) is 6.61 Å². The molecular weight excluding hydrogens is 260 g/mol. The third kappa shape index (κ3) is 5.54. The van der Waals surface area contributed by atoms with Crippen LogP contribution in [0.4, 0.5) is 5.95 Å². The third-order valence-electron chi connectivity index (χ3n) is 2.60. The molecule has 0 bridgehead atoms. The molecule has 0 spiro atoms. The summed E-state index contributed by atoms with van der Waals surface area (Å²) in [6.45, 7) is 11.3. The lowest BCUT2D eigenvalue weighted by Crippen LogP contribution is -2.28. The fourth-order valence-corrected chi connectivity index (χ4v) is 1.54. The van der Waals surface area contributed by atoms with E-state index in [0.717, 1.165) is 19.6 Å². The zero-order chi connectivity index (χ0) is 15.0. The van der Waals surface area contributed by atoms with Crippen molar-refractivity contribution < 1.29 is 9.47 Å². The van der Waals surface area contributed by atoms with E-state index >= 15 is 0 Å². The molecule has 0 aliphatic carbocycles. The fraction of sp³-hybridized carbons (Fsp3) is 0.750. The lowest BCUT2D eigenvalue weighted by Gasteiger charge is -2.17. The van der Waals surface area contributed by atoms with Crippen LogP contribution in [0.2, 0.25) is 0 Å². The number of hydrogen-bond acceptors (Lipinski definition) is 8. The number of nitrogens with two attached hydrogens (primary N) is 1. The zero-order valence-corrected chi connectivity index (χ0v) is 12.6. The van der Waals surface area contributed by atoms with Crippen molar-refractivity contribution in [1.82, 2.24) is 19.9 Å². The molecule has 0 atom stereocenters. The number of aromatic nitrogens is 3. The van der Waals surface area contributed by atoms with Crippen LogP contribution in [0, 0.1) is 0 Å². The minimum absolute atomic E-state index is 0.0356. The van der Waals surface area contributed by atoms with Crippen LogP contribution in [-0.4, -0.2) is 52.2 Å². The monoisotopic (exact) mass is 284 g/mol. The minimum Gasteiger partial charge on any atom is -0.462 e. The number of likely N-dealkylation sites (N-methyl/N-ethyl adjacent to an activating group) is 1. The number of nitrogens with zero attached hydrogens (tertiary/aromatic N) is 4. The highest BCUT2D eigenvalue weighted by Crippen LogP contribution is 2.13. The predicted octanol–water partition coefficient (Wildman–Crippen LogP) is 0.665. The van der Waals surface area contributed by atoms with E-state index in [2.05, 4.69) is 39.1 Å². The Kier molecular flexibility index (Phi) is 6.96. The van der Waals surface area contributed by atoms with Crippen molar-refractivity contribution in [2.75, 3.05) is 31.7 Å². The number of rotatable bonds is 9.